The predicted molar refractivity (Wildman–Crippen MR) is 128 cm³/mol. The maximum Gasteiger partial charge on any atom is 0.325 e. The van der Waals surface area contributed by atoms with E-state index in [9.17, 15) is 18.0 Å². The fraction of sp³-hybridized carbons (Fsp3) is 0.409. The van der Waals surface area contributed by atoms with Crippen LogP contribution in [0.1, 0.15) is 24.0 Å². The summed E-state index contributed by atoms with van der Waals surface area (Å²) in [6.45, 7) is 4.52. The summed E-state index contributed by atoms with van der Waals surface area (Å²) in [5.41, 5.74) is 3.03. The number of carbonyl (C=O) groups excluding carboxylic acids is 2. The van der Waals surface area contributed by atoms with Gasteiger partial charge in [-0.25, -0.2) is 8.42 Å². The van der Waals surface area contributed by atoms with E-state index in [1.807, 2.05) is 26.0 Å². The molecule has 8 nitrogen and oxygen atoms in total. The van der Waals surface area contributed by atoms with E-state index in [0.717, 1.165) is 21.3 Å². The quantitative estimate of drug-likeness (QED) is 0.495. The van der Waals surface area contributed by atoms with Crippen molar-refractivity contribution in [3.8, 4) is 0 Å². The van der Waals surface area contributed by atoms with Gasteiger partial charge in [-0.05, 0) is 61.4 Å². The van der Waals surface area contributed by atoms with Gasteiger partial charge in [0.2, 0.25) is 0 Å². The molecule has 0 spiro atoms. The Kier molecular flexibility index (Phi) is 6.85. The molecule has 0 atom stereocenters. The van der Waals surface area contributed by atoms with Gasteiger partial charge in [0.05, 0.1) is 17.3 Å². The van der Waals surface area contributed by atoms with Crippen LogP contribution in [-0.2, 0) is 30.9 Å². The number of benzene rings is 1. The van der Waals surface area contributed by atoms with E-state index >= 15 is 0 Å². The van der Waals surface area contributed by atoms with Crippen LogP contribution in [-0.4, -0.2) is 49.4 Å². The maximum absolute atomic E-state index is 13.0. The van der Waals surface area contributed by atoms with Crippen molar-refractivity contribution in [2.75, 3.05) is 20.2 Å². The zero-order valence-corrected chi connectivity index (χ0v) is 21.1. The summed E-state index contributed by atoms with van der Waals surface area (Å²) in [4.78, 5) is 29.8. The molecule has 1 amide bonds. The molecule has 0 saturated carbocycles. The van der Waals surface area contributed by atoms with Crippen LogP contribution in [0.2, 0.25) is 0 Å². The van der Waals surface area contributed by atoms with E-state index in [1.165, 1.54) is 34.1 Å². The van der Waals surface area contributed by atoms with Gasteiger partial charge in [-0.15, -0.1) is 11.3 Å². The van der Waals surface area contributed by atoms with E-state index in [-0.39, 0.29) is 31.5 Å². The molecule has 1 aliphatic rings. The number of aryl methyl sites for hydroxylation is 2. The summed E-state index contributed by atoms with van der Waals surface area (Å²) in [5, 5.41) is 1.74. The van der Waals surface area contributed by atoms with Crippen molar-refractivity contribution in [1.29, 1.82) is 0 Å². The number of esters is 1. The number of thiazole rings is 1. The van der Waals surface area contributed by atoms with Crippen molar-refractivity contribution in [3.63, 3.8) is 0 Å². The first kappa shape index (κ1) is 23.8. The van der Waals surface area contributed by atoms with Crippen molar-refractivity contribution in [2.45, 2.75) is 37.4 Å². The predicted octanol–water partition coefficient (Wildman–Crippen LogP) is 3.08. The number of nitrogens with zero attached hydrogens (tertiary/aromatic N) is 3. The number of sulfonamides is 1. The van der Waals surface area contributed by atoms with E-state index < -0.39 is 16.0 Å². The van der Waals surface area contributed by atoms with Gasteiger partial charge >= 0.3 is 5.97 Å². The second kappa shape index (κ2) is 9.49. The number of aromatic nitrogens is 1. The van der Waals surface area contributed by atoms with E-state index in [4.69, 9.17) is 4.74 Å². The molecule has 3 heterocycles. The lowest BCUT2D eigenvalue weighted by atomic mass is 9.98. The fourth-order valence-corrected chi connectivity index (χ4v) is 7.55. The molecular formula is C22H25N3O5S3. The Hall–Kier alpha value is -2.34. The lowest BCUT2D eigenvalue weighted by molar-refractivity contribution is -0.141. The van der Waals surface area contributed by atoms with Crippen molar-refractivity contribution < 1.29 is 22.7 Å². The Morgan fingerprint density at radius 2 is 1.88 bits per heavy atom. The minimum absolute atomic E-state index is 0.0391. The molecule has 0 unspecified atom stereocenters. The second-order valence-electron chi connectivity index (χ2n) is 8.01. The van der Waals surface area contributed by atoms with Crippen molar-refractivity contribution in [3.05, 3.63) is 45.6 Å². The highest BCUT2D eigenvalue weighted by Crippen LogP contribution is 2.27. The normalized spacial score (nSPS) is 16.4. The van der Waals surface area contributed by atoms with Gasteiger partial charge in [-0.2, -0.15) is 9.30 Å². The Balaban J connectivity index is 1.59. The van der Waals surface area contributed by atoms with Gasteiger partial charge in [0.15, 0.2) is 4.80 Å². The lowest BCUT2D eigenvalue weighted by Gasteiger charge is -2.29. The Bertz CT molecular complexity index is 1360. The highest BCUT2D eigenvalue weighted by molar-refractivity contribution is 7.91. The second-order valence-corrected chi connectivity index (χ2v) is 12.1. The number of thiophene rings is 1. The van der Waals surface area contributed by atoms with Gasteiger partial charge in [0, 0.05) is 19.0 Å². The third-order valence-corrected chi connectivity index (χ3v) is 10.2. The molecule has 2 aromatic heterocycles. The van der Waals surface area contributed by atoms with Crippen LogP contribution in [0.5, 0.6) is 0 Å². The number of hydrogen-bond donors (Lipinski definition) is 0. The van der Waals surface area contributed by atoms with Gasteiger partial charge in [-0.3, -0.25) is 9.59 Å². The molecule has 11 heteroatoms. The first-order chi connectivity index (χ1) is 15.7. The minimum atomic E-state index is -3.52. The molecule has 1 aromatic carbocycles. The summed E-state index contributed by atoms with van der Waals surface area (Å²) in [5.74, 6) is -1.07. The molecule has 33 heavy (non-hydrogen) atoms. The van der Waals surface area contributed by atoms with Crippen LogP contribution in [0.15, 0.2) is 38.8 Å². The number of carbonyl (C=O) groups is 2. The van der Waals surface area contributed by atoms with Crippen LogP contribution in [0, 0.1) is 19.8 Å². The third kappa shape index (κ3) is 4.81. The van der Waals surface area contributed by atoms with Crippen LogP contribution in [0.4, 0.5) is 0 Å². The van der Waals surface area contributed by atoms with Crippen molar-refractivity contribution in [1.82, 2.24) is 8.87 Å². The van der Waals surface area contributed by atoms with Gasteiger partial charge in [-0.1, -0.05) is 17.4 Å². The first-order valence-electron chi connectivity index (χ1n) is 10.5. The number of fused-ring (bicyclic) bond motifs is 1. The number of piperidine rings is 1. The van der Waals surface area contributed by atoms with Crippen LogP contribution < -0.4 is 4.80 Å². The highest BCUT2D eigenvalue weighted by Gasteiger charge is 2.32. The zero-order chi connectivity index (χ0) is 23.8. The smallest absolute Gasteiger partial charge is 0.325 e. The van der Waals surface area contributed by atoms with Gasteiger partial charge < -0.3 is 9.30 Å². The number of hydrogen-bond acceptors (Lipinski definition) is 7. The van der Waals surface area contributed by atoms with E-state index in [2.05, 4.69) is 4.99 Å². The summed E-state index contributed by atoms with van der Waals surface area (Å²) in [6, 6.07) is 7.32. The zero-order valence-electron chi connectivity index (χ0n) is 18.6. The molecule has 176 valence electrons. The maximum atomic E-state index is 13.0. The Labute approximate surface area is 200 Å². The number of methoxy groups -OCH3 is 1. The van der Waals surface area contributed by atoms with E-state index in [1.54, 1.807) is 22.1 Å². The molecule has 3 aromatic rings. The van der Waals surface area contributed by atoms with Crippen LogP contribution >= 0.6 is 22.7 Å². The topological polar surface area (TPSA) is 98.0 Å². The molecule has 1 fully saturated rings. The first-order valence-corrected chi connectivity index (χ1v) is 13.6. The molecule has 1 saturated heterocycles. The standard InChI is InChI=1S/C22H25N3O5S3/c1-14-11-17-18(12-15(14)2)32-22(25(17)13-19(26)30-3)23-21(27)16-6-8-24(9-7-16)33(28,29)20-5-4-10-31-20/h4-5,10-12,16H,6-9,13H2,1-3H3. The highest BCUT2D eigenvalue weighted by atomic mass is 32.2. The lowest BCUT2D eigenvalue weighted by Crippen LogP contribution is -2.40. The van der Waals surface area contributed by atoms with E-state index in [0.29, 0.717) is 21.9 Å². The van der Waals surface area contributed by atoms with Crippen molar-refractivity contribution >= 4 is 54.8 Å². The molecule has 4 rings (SSSR count). The van der Waals surface area contributed by atoms with Crippen LogP contribution in [0.25, 0.3) is 10.2 Å². The average molecular weight is 508 g/mol. The Morgan fingerprint density at radius 3 is 2.52 bits per heavy atom. The number of ether oxygens (including phenoxy) is 1. The average Bonchev–Trinajstić information content (AvgIpc) is 3.44. The van der Waals surface area contributed by atoms with Crippen LogP contribution in [0.3, 0.4) is 0 Å². The van der Waals surface area contributed by atoms with Crippen molar-refractivity contribution in [2.24, 2.45) is 10.9 Å². The number of rotatable bonds is 5. The molecule has 0 bridgehead atoms. The summed E-state index contributed by atoms with van der Waals surface area (Å²) in [7, 11) is -2.19. The molecule has 1 aliphatic heterocycles. The molecule has 0 N–H and O–H groups in total. The Morgan fingerprint density at radius 1 is 1.18 bits per heavy atom. The third-order valence-electron chi connectivity index (χ3n) is 5.91. The molecule has 0 radical (unpaired) electrons. The SMILES string of the molecule is COC(=O)Cn1c(=NC(=O)C2CCN(S(=O)(=O)c3cccs3)CC2)sc2cc(C)c(C)cc21. The summed E-state index contributed by atoms with van der Waals surface area (Å²) >= 11 is 2.55. The van der Waals surface area contributed by atoms with Gasteiger partial charge in [0.25, 0.3) is 15.9 Å². The van der Waals surface area contributed by atoms with Gasteiger partial charge in [0.1, 0.15) is 10.8 Å². The fourth-order valence-electron chi connectivity index (χ4n) is 3.82. The largest absolute Gasteiger partial charge is 0.468 e. The minimum Gasteiger partial charge on any atom is -0.468 e. The number of amides is 1. The summed E-state index contributed by atoms with van der Waals surface area (Å²) < 4.78 is 34.7. The molecule has 0 aliphatic carbocycles. The monoisotopic (exact) mass is 507 g/mol. The summed E-state index contributed by atoms with van der Waals surface area (Å²) in [6.07, 6.45) is 0.820. The molecular weight excluding hydrogens is 482 g/mol.